The maximum atomic E-state index is 10.9. The van der Waals surface area contributed by atoms with Gasteiger partial charge in [0.15, 0.2) is 0 Å². The highest BCUT2D eigenvalue weighted by Gasteiger charge is 2.20. The minimum absolute atomic E-state index is 0.0375. The molecule has 1 aromatic carbocycles. The molecule has 2 aromatic rings. The third kappa shape index (κ3) is 3.58. The fourth-order valence-electron chi connectivity index (χ4n) is 1.67. The Bertz CT molecular complexity index is 750. The van der Waals surface area contributed by atoms with Gasteiger partial charge >= 0.3 is 5.82 Å². The van der Waals surface area contributed by atoms with Crippen LogP contribution in [0.25, 0.3) is 0 Å². The molecule has 2 rings (SSSR count). The molecule has 0 aliphatic rings. The molecule has 0 fully saturated rings. The Morgan fingerprint density at radius 3 is 2.45 bits per heavy atom. The van der Waals surface area contributed by atoms with Gasteiger partial charge in [0, 0.05) is 29.9 Å². The number of H-pyrrole nitrogens is 1. The molecule has 1 N–H and O–H groups in total. The summed E-state index contributed by atoms with van der Waals surface area (Å²) in [5, 5.41) is 30.4. The van der Waals surface area contributed by atoms with E-state index in [0.717, 1.165) is 11.8 Å². The van der Waals surface area contributed by atoms with Crippen LogP contribution >= 0.6 is 11.8 Å². The molecule has 0 aliphatic heterocycles. The second kappa shape index (κ2) is 6.68. The van der Waals surface area contributed by atoms with Crippen molar-refractivity contribution in [3.05, 3.63) is 50.2 Å². The van der Waals surface area contributed by atoms with Gasteiger partial charge < -0.3 is 10.1 Å². The molecule has 0 bridgehead atoms. The zero-order chi connectivity index (χ0) is 16.1. The topological polar surface area (TPSA) is 139 Å². The molecule has 112 valence electrons. The smallest absolute Gasteiger partial charge is 0.344 e. The molecule has 10 heteroatoms. The number of nitro groups is 2. The number of aromatic nitrogens is 2. The highest BCUT2D eigenvalue weighted by atomic mass is 32.2. The van der Waals surface area contributed by atoms with E-state index in [9.17, 15) is 20.2 Å². The predicted octanol–water partition coefficient (Wildman–Crippen LogP) is 2.83. The number of nitriles is 1. The van der Waals surface area contributed by atoms with Crippen molar-refractivity contribution in [3.63, 3.8) is 0 Å². The first-order chi connectivity index (χ1) is 10.5. The van der Waals surface area contributed by atoms with Crippen molar-refractivity contribution in [2.45, 2.75) is 22.9 Å². The van der Waals surface area contributed by atoms with Crippen molar-refractivity contribution < 1.29 is 9.85 Å². The van der Waals surface area contributed by atoms with Crippen LogP contribution in [0.15, 0.2) is 34.3 Å². The second-order valence-electron chi connectivity index (χ2n) is 4.11. The zero-order valence-electron chi connectivity index (χ0n) is 11.1. The van der Waals surface area contributed by atoms with Crippen molar-refractivity contribution in [1.82, 2.24) is 9.97 Å². The Morgan fingerprint density at radius 1 is 1.23 bits per heavy atom. The number of benzene rings is 1. The Labute approximate surface area is 128 Å². The van der Waals surface area contributed by atoms with Gasteiger partial charge in [0.05, 0.1) is 11.0 Å². The van der Waals surface area contributed by atoms with Gasteiger partial charge in [-0.1, -0.05) is 0 Å². The Balaban J connectivity index is 2.20. The molecule has 0 aliphatic carbocycles. The molecule has 0 saturated carbocycles. The van der Waals surface area contributed by atoms with Gasteiger partial charge in [0.1, 0.15) is 5.69 Å². The lowest BCUT2D eigenvalue weighted by molar-refractivity contribution is -0.390. The summed E-state index contributed by atoms with van der Waals surface area (Å²) in [6.07, 6.45) is 0.317. The maximum Gasteiger partial charge on any atom is 0.344 e. The summed E-state index contributed by atoms with van der Waals surface area (Å²) in [7, 11) is 0. The number of hydrogen-bond acceptors (Lipinski definition) is 7. The van der Waals surface area contributed by atoms with Crippen molar-refractivity contribution >= 4 is 23.3 Å². The molecular weight excluding hydrogens is 310 g/mol. The van der Waals surface area contributed by atoms with Crippen LogP contribution in [0.3, 0.4) is 0 Å². The van der Waals surface area contributed by atoms with Crippen LogP contribution in [0.5, 0.6) is 0 Å². The molecule has 0 saturated heterocycles. The van der Waals surface area contributed by atoms with Gasteiger partial charge in [-0.15, -0.1) is 0 Å². The van der Waals surface area contributed by atoms with Gasteiger partial charge in [-0.25, -0.2) is 4.98 Å². The van der Waals surface area contributed by atoms with E-state index in [1.165, 1.54) is 24.3 Å². The average molecular weight is 319 g/mol. The van der Waals surface area contributed by atoms with Crippen molar-refractivity contribution in [1.29, 1.82) is 5.26 Å². The second-order valence-corrected chi connectivity index (χ2v) is 5.17. The number of rotatable bonds is 6. The third-order valence-corrected chi connectivity index (χ3v) is 3.55. The van der Waals surface area contributed by atoms with E-state index in [1.54, 1.807) is 0 Å². The summed E-state index contributed by atoms with van der Waals surface area (Å²) in [5.74, 6) is -0.236. The van der Waals surface area contributed by atoms with E-state index >= 15 is 0 Å². The number of hydrogen-bond donors (Lipinski definition) is 1. The third-order valence-electron chi connectivity index (χ3n) is 2.65. The normalized spacial score (nSPS) is 10.1. The molecule has 0 spiro atoms. The lowest BCUT2D eigenvalue weighted by atomic mass is 10.2. The fourth-order valence-corrected chi connectivity index (χ4v) is 2.47. The molecule has 1 heterocycles. The molecule has 1 aromatic heterocycles. The number of aryl methyl sites for hydroxylation is 1. The van der Waals surface area contributed by atoms with Crippen molar-refractivity contribution in [2.24, 2.45) is 0 Å². The van der Waals surface area contributed by atoms with Gasteiger partial charge in [-0.05, 0) is 28.8 Å². The van der Waals surface area contributed by atoms with Crippen molar-refractivity contribution in [2.75, 3.05) is 0 Å². The number of aromatic amines is 1. The van der Waals surface area contributed by atoms with Crippen LogP contribution in [-0.2, 0) is 6.42 Å². The van der Waals surface area contributed by atoms with Gasteiger partial charge in [-0.2, -0.15) is 10.2 Å². The first-order valence-electron chi connectivity index (χ1n) is 6.04. The number of nitrogens with zero attached hydrogens (tertiary/aromatic N) is 4. The number of nitro benzene ring substituents is 1. The SMILES string of the molecule is N#CCCc1nc(Sc2ccc([N+](=O)[O-])cc2)[nH]c1[N+](=O)[O-]. The van der Waals surface area contributed by atoms with Crippen molar-refractivity contribution in [3.8, 4) is 6.07 Å². The van der Waals surface area contributed by atoms with E-state index in [2.05, 4.69) is 9.97 Å². The largest absolute Gasteiger partial charge is 0.358 e. The minimum atomic E-state index is -0.584. The van der Waals surface area contributed by atoms with E-state index in [-0.39, 0.29) is 30.0 Å². The molecule has 22 heavy (non-hydrogen) atoms. The van der Waals surface area contributed by atoms with Crippen LogP contribution in [0.4, 0.5) is 11.5 Å². The van der Waals surface area contributed by atoms with Gasteiger partial charge in [0.25, 0.3) is 10.8 Å². The summed E-state index contributed by atoms with van der Waals surface area (Å²) >= 11 is 1.12. The molecule has 0 unspecified atom stereocenters. The first-order valence-corrected chi connectivity index (χ1v) is 6.85. The summed E-state index contributed by atoms with van der Waals surface area (Å²) in [6, 6.07) is 7.67. The van der Waals surface area contributed by atoms with Crippen LogP contribution in [0.1, 0.15) is 12.1 Å². The molecule has 0 amide bonds. The van der Waals surface area contributed by atoms with Crippen LogP contribution in [-0.4, -0.2) is 19.8 Å². The lowest BCUT2D eigenvalue weighted by Crippen LogP contribution is -1.94. The van der Waals surface area contributed by atoms with E-state index < -0.39 is 9.85 Å². The monoisotopic (exact) mass is 319 g/mol. The highest BCUT2D eigenvalue weighted by Crippen LogP contribution is 2.30. The van der Waals surface area contributed by atoms with Crippen LogP contribution < -0.4 is 0 Å². The van der Waals surface area contributed by atoms with Gasteiger partial charge in [-0.3, -0.25) is 10.1 Å². The van der Waals surface area contributed by atoms with Gasteiger partial charge in [0.2, 0.25) is 0 Å². The molecule has 0 atom stereocenters. The number of imidazole rings is 1. The van der Waals surface area contributed by atoms with Crippen LogP contribution in [0, 0.1) is 31.6 Å². The van der Waals surface area contributed by atoms with E-state index in [0.29, 0.717) is 10.1 Å². The summed E-state index contributed by atoms with van der Waals surface area (Å²) < 4.78 is 0. The van der Waals surface area contributed by atoms with E-state index in [1.807, 2.05) is 6.07 Å². The number of non-ortho nitro benzene ring substituents is 1. The molecular formula is C12H9N5O4S. The highest BCUT2D eigenvalue weighted by molar-refractivity contribution is 7.99. The number of nitrogens with one attached hydrogen (secondary N) is 1. The maximum absolute atomic E-state index is 10.9. The molecule has 9 nitrogen and oxygen atoms in total. The quantitative estimate of drug-likeness (QED) is 0.637. The van der Waals surface area contributed by atoms with Crippen LogP contribution in [0.2, 0.25) is 0 Å². The molecule has 0 radical (unpaired) electrons. The minimum Gasteiger partial charge on any atom is -0.358 e. The Hall–Kier alpha value is -2.93. The zero-order valence-corrected chi connectivity index (χ0v) is 11.9. The average Bonchev–Trinajstić information content (AvgIpc) is 2.88. The first kappa shape index (κ1) is 15.5. The standard InChI is InChI=1S/C12H9N5O4S/c13-7-1-2-10-11(17(20)21)15-12(14-10)22-9-5-3-8(4-6-9)16(18)19/h3-6H,1-2H2,(H,14,15). The Kier molecular flexibility index (Phi) is 4.70. The lowest BCUT2D eigenvalue weighted by Gasteiger charge is -1.95. The predicted molar refractivity (Wildman–Crippen MR) is 76.4 cm³/mol. The summed E-state index contributed by atoms with van der Waals surface area (Å²) in [4.78, 5) is 27.8. The fraction of sp³-hybridized carbons (Fsp3) is 0.167. The summed E-state index contributed by atoms with van der Waals surface area (Å²) in [6.45, 7) is 0. The van der Waals surface area contributed by atoms with E-state index in [4.69, 9.17) is 5.26 Å². The Morgan fingerprint density at radius 2 is 1.91 bits per heavy atom. The summed E-state index contributed by atoms with van der Waals surface area (Å²) in [5.41, 5.74) is 0.181.